The maximum absolute atomic E-state index is 6.27. The van der Waals surface area contributed by atoms with Crippen LogP contribution in [0.3, 0.4) is 0 Å². The van der Waals surface area contributed by atoms with Crippen molar-refractivity contribution in [3.63, 3.8) is 0 Å². The van der Waals surface area contributed by atoms with Gasteiger partial charge in [-0.15, -0.1) is 20.4 Å². The first-order valence-corrected chi connectivity index (χ1v) is 9.62. The lowest BCUT2D eigenvalue weighted by molar-refractivity contribution is -0.0748. The lowest BCUT2D eigenvalue weighted by atomic mass is 10.0. The van der Waals surface area contributed by atoms with Gasteiger partial charge >= 0.3 is 0 Å². The molecule has 2 aliphatic heterocycles. The van der Waals surface area contributed by atoms with Crippen LogP contribution in [0.15, 0.2) is 12.3 Å². The van der Waals surface area contributed by atoms with E-state index in [0.717, 1.165) is 60.1 Å². The van der Waals surface area contributed by atoms with E-state index in [2.05, 4.69) is 41.9 Å². The molecule has 0 bridgehead atoms. The summed E-state index contributed by atoms with van der Waals surface area (Å²) in [5.74, 6) is 1.74. The molecule has 0 aliphatic carbocycles. The summed E-state index contributed by atoms with van der Waals surface area (Å²) in [5, 5.41) is 23.5. The molecular weight excluding hydrogens is 352 g/mol. The molecule has 26 heavy (non-hydrogen) atoms. The van der Waals surface area contributed by atoms with Crippen molar-refractivity contribution in [1.82, 2.24) is 34.7 Å². The van der Waals surface area contributed by atoms with Crippen LogP contribution < -0.4 is 4.90 Å². The molecule has 0 N–H and O–H groups in total. The molecular formula is C16H20N8OS. The number of aryl methyl sites for hydroxylation is 2. The Morgan fingerprint density at radius 3 is 2.96 bits per heavy atom. The maximum Gasteiger partial charge on any atom is 0.208 e. The van der Waals surface area contributed by atoms with Crippen LogP contribution in [0.5, 0.6) is 0 Å². The zero-order chi connectivity index (χ0) is 17.7. The molecule has 1 spiro atoms. The van der Waals surface area contributed by atoms with Gasteiger partial charge in [-0.25, -0.2) is 0 Å². The van der Waals surface area contributed by atoms with Gasteiger partial charge in [0.1, 0.15) is 22.9 Å². The molecule has 0 radical (unpaired) electrons. The molecule has 0 aromatic carbocycles. The molecule has 1 unspecified atom stereocenters. The fourth-order valence-corrected chi connectivity index (χ4v) is 4.50. The summed E-state index contributed by atoms with van der Waals surface area (Å²) < 4.78 is 10.4. The van der Waals surface area contributed by atoms with Crippen molar-refractivity contribution in [1.29, 1.82) is 0 Å². The van der Waals surface area contributed by atoms with E-state index in [1.54, 1.807) is 11.3 Å². The Kier molecular flexibility index (Phi) is 3.57. The molecule has 3 aromatic heterocycles. The standard InChI is InChI=1S/C16H20N8OS/c1-3-24-12(4-6-17-24)14-20-19-13-8-25-16(10-23(13)14)5-7-22(9-16)15-21-18-11(2)26-15/h4,6H,3,5,7-10H2,1-2H3. The summed E-state index contributed by atoms with van der Waals surface area (Å²) in [6.45, 7) is 7.82. The fraction of sp³-hybridized carbons (Fsp3) is 0.562. The van der Waals surface area contributed by atoms with Crippen molar-refractivity contribution in [2.75, 3.05) is 18.0 Å². The van der Waals surface area contributed by atoms with E-state index in [0.29, 0.717) is 6.61 Å². The van der Waals surface area contributed by atoms with Gasteiger partial charge in [-0.2, -0.15) is 5.10 Å². The lowest BCUT2D eigenvalue weighted by Crippen LogP contribution is -2.44. The van der Waals surface area contributed by atoms with E-state index in [1.807, 2.05) is 23.9 Å². The van der Waals surface area contributed by atoms with Crippen molar-refractivity contribution < 1.29 is 4.74 Å². The summed E-state index contributed by atoms with van der Waals surface area (Å²) in [5.41, 5.74) is 0.763. The summed E-state index contributed by atoms with van der Waals surface area (Å²) >= 11 is 1.63. The highest BCUT2D eigenvalue weighted by atomic mass is 32.1. The van der Waals surface area contributed by atoms with E-state index in [-0.39, 0.29) is 5.60 Å². The Labute approximate surface area is 154 Å². The highest BCUT2D eigenvalue weighted by molar-refractivity contribution is 7.15. The number of hydrogen-bond acceptors (Lipinski definition) is 8. The number of aromatic nitrogens is 7. The van der Waals surface area contributed by atoms with E-state index >= 15 is 0 Å². The summed E-state index contributed by atoms with van der Waals surface area (Å²) in [6.07, 6.45) is 2.76. The molecule has 2 aliphatic rings. The smallest absolute Gasteiger partial charge is 0.208 e. The molecule has 9 nitrogen and oxygen atoms in total. The summed E-state index contributed by atoms with van der Waals surface area (Å²) in [4.78, 5) is 2.27. The summed E-state index contributed by atoms with van der Waals surface area (Å²) in [7, 11) is 0. The quantitative estimate of drug-likeness (QED) is 0.688. The number of rotatable bonds is 3. The van der Waals surface area contributed by atoms with Crippen LogP contribution in [0, 0.1) is 6.92 Å². The number of ether oxygens (including phenoxy) is 1. The van der Waals surface area contributed by atoms with E-state index in [1.165, 1.54) is 0 Å². The molecule has 5 heterocycles. The minimum atomic E-state index is -0.235. The third-order valence-corrected chi connectivity index (χ3v) is 6.03. The van der Waals surface area contributed by atoms with Crippen LogP contribution in [-0.4, -0.2) is 53.4 Å². The van der Waals surface area contributed by atoms with Crippen LogP contribution in [0.1, 0.15) is 24.2 Å². The Hall–Kier alpha value is -2.33. The van der Waals surface area contributed by atoms with Gasteiger partial charge in [0.15, 0.2) is 11.6 Å². The minimum absolute atomic E-state index is 0.235. The first kappa shape index (κ1) is 15.9. The van der Waals surface area contributed by atoms with E-state index in [9.17, 15) is 0 Å². The largest absolute Gasteiger partial charge is 0.363 e. The molecule has 0 amide bonds. The molecule has 10 heteroatoms. The third kappa shape index (κ3) is 2.43. The molecule has 0 saturated carbocycles. The number of anilines is 1. The van der Waals surface area contributed by atoms with Gasteiger partial charge in [-0.3, -0.25) is 4.68 Å². The topological polar surface area (TPSA) is 86.8 Å². The highest BCUT2D eigenvalue weighted by Crippen LogP contribution is 2.36. The number of fused-ring (bicyclic) bond motifs is 1. The van der Waals surface area contributed by atoms with Crippen LogP contribution in [0.2, 0.25) is 0 Å². The maximum atomic E-state index is 6.27. The van der Waals surface area contributed by atoms with E-state index < -0.39 is 0 Å². The predicted molar refractivity (Wildman–Crippen MR) is 95.9 cm³/mol. The third-order valence-electron chi connectivity index (χ3n) is 5.13. The van der Waals surface area contributed by atoms with Crippen LogP contribution in [0.25, 0.3) is 11.5 Å². The molecule has 3 aromatic rings. The van der Waals surface area contributed by atoms with Gasteiger partial charge < -0.3 is 14.2 Å². The highest BCUT2D eigenvalue weighted by Gasteiger charge is 2.44. The van der Waals surface area contributed by atoms with Crippen LogP contribution >= 0.6 is 11.3 Å². The van der Waals surface area contributed by atoms with Crippen LogP contribution in [0.4, 0.5) is 5.13 Å². The average Bonchev–Trinajstić information content (AvgIpc) is 3.40. The predicted octanol–water partition coefficient (Wildman–Crippen LogP) is 1.50. The Morgan fingerprint density at radius 2 is 2.15 bits per heavy atom. The SMILES string of the molecule is CCn1nccc1-c1nnc2n1CC1(CCN(c3nnc(C)s3)C1)OC2. The average molecular weight is 372 g/mol. The van der Waals surface area contributed by atoms with Gasteiger partial charge in [-0.1, -0.05) is 11.3 Å². The van der Waals surface area contributed by atoms with E-state index in [4.69, 9.17) is 4.74 Å². The van der Waals surface area contributed by atoms with Crippen molar-refractivity contribution in [2.45, 2.75) is 45.6 Å². The Morgan fingerprint density at radius 1 is 1.23 bits per heavy atom. The number of nitrogens with zero attached hydrogens (tertiary/aromatic N) is 8. The second kappa shape index (κ2) is 5.85. The van der Waals surface area contributed by atoms with Crippen LogP contribution in [-0.2, 0) is 24.4 Å². The molecule has 1 atom stereocenters. The van der Waals surface area contributed by atoms with Gasteiger partial charge in [0, 0.05) is 19.3 Å². The molecule has 136 valence electrons. The number of hydrogen-bond donors (Lipinski definition) is 0. The van der Waals surface area contributed by atoms with Gasteiger partial charge in [-0.05, 0) is 26.3 Å². The second-order valence-electron chi connectivity index (χ2n) is 6.81. The first-order chi connectivity index (χ1) is 12.7. The van der Waals surface area contributed by atoms with Gasteiger partial charge in [0.25, 0.3) is 0 Å². The van der Waals surface area contributed by atoms with Crippen molar-refractivity contribution in [3.05, 3.63) is 23.1 Å². The molecule has 1 saturated heterocycles. The van der Waals surface area contributed by atoms with Crippen molar-refractivity contribution >= 4 is 16.5 Å². The monoisotopic (exact) mass is 372 g/mol. The van der Waals surface area contributed by atoms with Gasteiger partial charge in [0.2, 0.25) is 5.13 Å². The molecule has 5 rings (SSSR count). The van der Waals surface area contributed by atoms with Crippen molar-refractivity contribution in [2.24, 2.45) is 0 Å². The van der Waals surface area contributed by atoms with Crippen molar-refractivity contribution in [3.8, 4) is 11.5 Å². The Bertz CT molecular complexity index is 946. The Balaban J connectivity index is 1.44. The normalized spacial score (nSPS) is 22.3. The second-order valence-corrected chi connectivity index (χ2v) is 7.97. The minimum Gasteiger partial charge on any atom is -0.363 e. The zero-order valence-electron chi connectivity index (χ0n) is 14.8. The molecule has 1 fully saturated rings. The van der Waals surface area contributed by atoms with Gasteiger partial charge in [0.05, 0.1) is 13.1 Å². The first-order valence-electron chi connectivity index (χ1n) is 8.81. The zero-order valence-corrected chi connectivity index (χ0v) is 15.6. The lowest BCUT2D eigenvalue weighted by Gasteiger charge is -2.34. The fourth-order valence-electron chi connectivity index (χ4n) is 3.79. The summed E-state index contributed by atoms with van der Waals surface area (Å²) in [6, 6.07) is 1.99.